The van der Waals surface area contributed by atoms with Gasteiger partial charge < -0.3 is 19.3 Å². The molecule has 2 heterocycles. The molecule has 1 amide bonds. The molecule has 1 fully saturated rings. The molecule has 1 spiro atoms. The van der Waals surface area contributed by atoms with Crippen LogP contribution in [0, 0.1) is 11.3 Å². The maximum absolute atomic E-state index is 12.7. The first-order chi connectivity index (χ1) is 16.9. The SMILES string of the molecule is C=C1N(CCO)C(=O)CC12CCc1c(-c3noc(-c4ccc(OC(C)C)c(C#N)c4)n3)cccc12. The van der Waals surface area contributed by atoms with Crippen molar-refractivity contribution < 1.29 is 19.2 Å². The number of allylic oxidation sites excluding steroid dienone is 1. The van der Waals surface area contributed by atoms with Crippen LogP contribution in [0.3, 0.4) is 0 Å². The fraction of sp³-hybridized carbons (Fsp3) is 0.333. The van der Waals surface area contributed by atoms with Crippen LogP contribution in [0.25, 0.3) is 22.8 Å². The molecule has 0 radical (unpaired) electrons. The Labute approximate surface area is 203 Å². The van der Waals surface area contributed by atoms with Gasteiger partial charge in [0.2, 0.25) is 11.7 Å². The molecule has 8 heteroatoms. The minimum atomic E-state index is -0.460. The number of hydrogen-bond donors (Lipinski definition) is 1. The van der Waals surface area contributed by atoms with Gasteiger partial charge in [-0.3, -0.25) is 4.79 Å². The third-order valence-corrected chi connectivity index (χ3v) is 6.83. The third kappa shape index (κ3) is 3.69. The lowest BCUT2D eigenvalue weighted by Crippen LogP contribution is -2.29. The summed E-state index contributed by atoms with van der Waals surface area (Å²) in [6.07, 6.45) is 1.82. The molecule has 178 valence electrons. The summed E-state index contributed by atoms with van der Waals surface area (Å²) in [6, 6.07) is 13.3. The number of aliphatic hydroxyl groups is 1. The quantitative estimate of drug-likeness (QED) is 0.580. The summed E-state index contributed by atoms with van der Waals surface area (Å²) in [5, 5.41) is 23.1. The molecule has 35 heavy (non-hydrogen) atoms. The second-order valence-electron chi connectivity index (χ2n) is 9.22. The zero-order chi connectivity index (χ0) is 24.7. The zero-order valence-corrected chi connectivity index (χ0v) is 19.7. The van der Waals surface area contributed by atoms with Crippen molar-refractivity contribution in [3.05, 3.63) is 65.4 Å². The van der Waals surface area contributed by atoms with Gasteiger partial charge in [0.1, 0.15) is 11.8 Å². The van der Waals surface area contributed by atoms with E-state index in [0.29, 0.717) is 35.0 Å². The Morgan fingerprint density at radius 1 is 1.34 bits per heavy atom. The van der Waals surface area contributed by atoms with E-state index in [4.69, 9.17) is 9.26 Å². The Balaban J connectivity index is 1.49. The number of nitrogens with zero attached hydrogens (tertiary/aromatic N) is 4. The van der Waals surface area contributed by atoms with E-state index in [1.807, 2.05) is 32.0 Å². The number of nitriles is 1. The van der Waals surface area contributed by atoms with Gasteiger partial charge in [0, 0.05) is 35.2 Å². The van der Waals surface area contributed by atoms with Crippen molar-refractivity contribution in [2.24, 2.45) is 0 Å². The molecule has 1 saturated heterocycles. The van der Waals surface area contributed by atoms with Crippen molar-refractivity contribution in [3.8, 4) is 34.7 Å². The van der Waals surface area contributed by atoms with Crippen molar-refractivity contribution in [3.63, 3.8) is 0 Å². The van der Waals surface area contributed by atoms with Crippen molar-refractivity contribution >= 4 is 5.91 Å². The summed E-state index contributed by atoms with van der Waals surface area (Å²) in [5.41, 5.74) is 4.31. The standard InChI is InChI=1S/C27H26N4O4/c1-16(2)34-23-8-7-18(13-19(23)15-28)26-29-25(30-35-26)21-5-4-6-22-20(21)9-10-27(22)14-24(33)31(11-12-32)17(27)3/h4-8,13,16,32H,3,9-12,14H2,1-2H3. The number of aliphatic hydroxyl groups excluding tert-OH is 1. The maximum Gasteiger partial charge on any atom is 0.258 e. The number of ether oxygens (including phenoxy) is 1. The van der Waals surface area contributed by atoms with Gasteiger partial charge in [-0.1, -0.05) is 29.9 Å². The molecule has 3 aromatic rings. The highest BCUT2D eigenvalue weighted by molar-refractivity contribution is 5.86. The van der Waals surface area contributed by atoms with Gasteiger partial charge in [-0.2, -0.15) is 10.2 Å². The lowest BCUT2D eigenvalue weighted by atomic mass is 9.78. The van der Waals surface area contributed by atoms with Crippen molar-refractivity contribution in [1.29, 1.82) is 5.26 Å². The van der Waals surface area contributed by atoms with Gasteiger partial charge in [-0.15, -0.1) is 0 Å². The Kier molecular flexibility index (Phi) is 5.65. The Hall–Kier alpha value is -3.96. The normalized spacial score (nSPS) is 19.0. The predicted octanol–water partition coefficient (Wildman–Crippen LogP) is 3.98. The molecule has 1 aromatic heterocycles. The highest BCUT2D eigenvalue weighted by Crippen LogP contribution is 2.53. The molecule has 2 aliphatic rings. The summed E-state index contributed by atoms with van der Waals surface area (Å²) in [7, 11) is 0. The van der Waals surface area contributed by atoms with Gasteiger partial charge in [0.25, 0.3) is 5.89 Å². The van der Waals surface area contributed by atoms with E-state index >= 15 is 0 Å². The minimum absolute atomic E-state index is 0.0117. The zero-order valence-electron chi connectivity index (χ0n) is 19.7. The van der Waals surface area contributed by atoms with E-state index in [-0.39, 0.29) is 25.2 Å². The summed E-state index contributed by atoms with van der Waals surface area (Å²) in [5.74, 6) is 1.27. The molecule has 1 unspecified atom stereocenters. The number of benzene rings is 2. The molecule has 8 nitrogen and oxygen atoms in total. The lowest BCUT2D eigenvalue weighted by molar-refractivity contribution is -0.127. The van der Waals surface area contributed by atoms with E-state index in [9.17, 15) is 15.2 Å². The van der Waals surface area contributed by atoms with Crippen molar-refractivity contribution in [2.75, 3.05) is 13.2 Å². The number of fused-ring (bicyclic) bond motifs is 2. The monoisotopic (exact) mass is 470 g/mol. The lowest BCUT2D eigenvalue weighted by Gasteiger charge is -2.27. The predicted molar refractivity (Wildman–Crippen MR) is 128 cm³/mol. The largest absolute Gasteiger partial charge is 0.490 e. The Morgan fingerprint density at radius 3 is 2.91 bits per heavy atom. The molecule has 1 N–H and O–H groups in total. The van der Waals surface area contributed by atoms with Gasteiger partial charge in [-0.25, -0.2) is 0 Å². The number of hydrogen-bond acceptors (Lipinski definition) is 7. The molecule has 5 rings (SSSR count). The van der Waals surface area contributed by atoms with E-state index in [2.05, 4.69) is 22.8 Å². The number of likely N-dealkylation sites (tertiary alicyclic amines) is 1. The molecule has 1 aliphatic heterocycles. The number of rotatable bonds is 6. The van der Waals surface area contributed by atoms with Gasteiger partial charge >= 0.3 is 0 Å². The van der Waals surface area contributed by atoms with Crippen LogP contribution < -0.4 is 4.74 Å². The number of carbonyl (C=O) groups excluding carboxylic acids is 1. The molecule has 0 bridgehead atoms. The van der Waals surface area contributed by atoms with Crippen LogP contribution in [0.5, 0.6) is 5.75 Å². The topological polar surface area (TPSA) is 112 Å². The Bertz CT molecular complexity index is 1370. The number of β-amino-alcohol motifs (C(OH)–C–C–N with tert-alkyl or cyclic N) is 1. The molecule has 1 atom stereocenters. The smallest absolute Gasteiger partial charge is 0.258 e. The van der Waals surface area contributed by atoms with Crippen LogP contribution in [0.15, 0.2) is 53.2 Å². The highest BCUT2D eigenvalue weighted by Gasteiger charge is 2.51. The molecule has 1 aliphatic carbocycles. The third-order valence-electron chi connectivity index (χ3n) is 6.83. The van der Waals surface area contributed by atoms with Crippen LogP contribution in [-0.2, 0) is 16.6 Å². The molecule has 0 saturated carbocycles. The van der Waals surface area contributed by atoms with Crippen molar-refractivity contribution in [2.45, 2.75) is 44.6 Å². The number of carbonyl (C=O) groups is 1. The first kappa shape index (κ1) is 22.8. The van der Waals surface area contributed by atoms with Crippen LogP contribution in [-0.4, -0.2) is 45.3 Å². The van der Waals surface area contributed by atoms with E-state index in [0.717, 1.165) is 35.2 Å². The maximum atomic E-state index is 12.7. The van der Waals surface area contributed by atoms with Crippen LogP contribution in [0.2, 0.25) is 0 Å². The molecule has 2 aromatic carbocycles. The fourth-order valence-electron chi connectivity index (χ4n) is 5.25. The summed E-state index contributed by atoms with van der Waals surface area (Å²) >= 11 is 0. The van der Waals surface area contributed by atoms with E-state index in [1.54, 1.807) is 23.1 Å². The second kappa shape index (κ2) is 8.67. The first-order valence-electron chi connectivity index (χ1n) is 11.7. The van der Waals surface area contributed by atoms with Crippen LogP contribution >= 0.6 is 0 Å². The van der Waals surface area contributed by atoms with Gasteiger partial charge in [0.15, 0.2) is 0 Å². The average Bonchev–Trinajstić information content (AvgIpc) is 3.53. The molecular weight excluding hydrogens is 444 g/mol. The average molecular weight is 471 g/mol. The Morgan fingerprint density at radius 2 is 2.17 bits per heavy atom. The number of amides is 1. The van der Waals surface area contributed by atoms with Gasteiger partial charge in [-0.05, 0) is 56.0 Å². The van der Waals surface area contributed by atoms with Crippen LogP contribution in [0.1, 0.15) is 43.4 Å². The van der Waals surface area contributed by atoms with Crippen molar-refractivity contribution in [1.82, 2.24) is 15.0 Å². The van der Waals surface area contributed by atoms with Crippen LogP contribution in [0.4, 0.5) is 0 Å². The summed E-state index contributed by atoms with van der Waals surface area (Å²) < 4.78 is 11.3. The van der Waals surface area contributed by atoms with E-state index in [1.165, 1.54) is 0 Å². The first-order valence-corrected chi connectivity index (χ1v) is 11.7. The minimum Gasteiger partial charge on any atom is -0.490 e. The number of aromatic nitrogens is 2. The second-order valence-corrected chi connectivity index (χ2v) is 9.22. The molecular formula is C27H26N4O4. The fourth-order valence-corrected chi connectivity index (χ4v) is 5.25. The summed E-state index contributed by atoms with van der Waals surface area (Å²) in [6.45, 7) is 8.20. The van der Waals surface area contributed by atoms with Gasteiger partial charge in [0.05, 0.1) is 18.3 Å². The highest BCUT2D eigenvalue weighted by atomic mass is 16.5. The summed E-state index contributed by atoms with van der Waals surface area (Å²) in [4.78, 5) is 18.9. The van der Waals surface area contributed by atoms with E-state index < -0.39 is 5.41 Å².